The van der Waals surface area contributed by atoms with Crippen LogP contribution in [0.2, 0.25) is 0 Å². The van der Waals surface area contributed by atoms with E-state index in [0.717, 1.165) is 44.0 Å². The maximum absolute atomic E-state index is 13.2. The van der Waals surface area contributed by atoms with Crippen molar-refractivity contribution < 1.29 is 9.59 Å². The number of likely N-dealkylation sites (N-methyl/N-ethyl adjacent to an activating group) is 1. The van der Waals surface area contributed by atoms with Gasteiger partial charge < -0.3 is 14.7 Å². The molecular weight excluding hydrogens is 354 g/mol. The first-order valence-corrected chi connectivity index (χ1v) is 10.2. The normalized spacial score (nSPS) is 24.1. The number of nitrogens with zero attached hydrogens (tertiary/aromatic N) is 5. The van der Waals surface area contributed by atoms with E-state index in [-0.39, 0.29) is 11.9 Å². The molecule has 0 N–H and O–H groups in total. The van der Waals surface area contributed by atoms with Gasteiger partial charge in [0.1, 0.15) is 0 Å². The summed E-state index contributed by atoms with van der Waals surface area (Å²) >= 11 is 0. The molecule has 7 nitrogen and oxygen atoms in total. The fraction of sp³-hybridized carbons (Fsp3) is 0.571. The molecule has 3 amide bonds. The number of imide groups is 1. The number of carbonyl (C=O) groups excluding carboxylic acids is 2. The number of anilines is 1. The Kier molecular flexibility index (Phi) is 4.77. The summed E-state index contributed by atoms with van der Waals surface area (Å²) in [4.78, 5) is 38.1. The largest absolute Gasteiger partial charge is 0.328 e. The third-order valence-corrected chi connectivity index (χ3v) is 5.88. The number of guanidine groups is 1. The first-order chi connectivity index (χ1) is 13.4. The van der Waals surface area contributed by atoms with Gasteiger partial charge in [-0.3, -0.25) is 9.69 Å². The van der Waals surface area contributed by atoms with E-state index < -0.39 is 12.2 Å². The van der Waals surface area contributed by atoms with Gasteiger partial charge in [0.05, 0.1) is 0 Å². The molecule has 3 aliphatic rings. The van der Waals surface area contributed by atoms with Crippen molar-refractivity contribution in [3.63, 3.8) is 0 Å². The number of carbonyl (C=O) groups is 2. The Bertz CT molecular complexity index is 816. The first kappa shape index (κ1) is 18.8. The summed E-state index contributed by atoms with van der Waals surface area (Å²) in [6, 6.07) is 5.81. The van der Waals surface area contributed by atoms with E-state index in [0.29, 0.717) is 6.54 Å². The van der Waals surface area contributed by atoms with Gasteiger partial charge in [0.2, 0.25) is 5.96 Å². The van der Waals surface area contributed by atoms with Gasteiger partial charge in [-0.25, -0.2) is 9.79 Å². The van der Waals surface area contributed by atoms with Gasteiger partial charge in [0, 0.05) is 32.4 Å². The van der Waals surface area contributed by atoms with Crippen molar-refractivity contribution in [1.29, 1.82) is 0 Å². The Morgan fingerprint density at radius 3 is 2.46 bits per heavy atom. The van der Waals surface area contributed by atoms with Gasteiger partial charge in [-0.1, -0.05) is 25.8 Å². The minimum Gasteiger partial charge on any atom is -0.325 e. The predicted molar refractivity (Wildman–Crippen MR) is 109 cm³/mol. The maximum Gasteiger partial charge on any atom is 0.328 e. The number of unbranched alkanes of at least 4 members (excludes halogenated alkanes) is 2. The smallest absolute Gasteiger partial charge is 0.325 e. The second kappa shape index (κ2) is 7.11. The van der Waals surface area contributed by atoms with Crippen LogP contribution in [0.5, 0.6) is 0 Å². The van der Waals surface area contributed by atoms with Crippen molar-refractivity contribution in [2.75, 3.05) is 31.6 Å². The second-order valence-corrected chi connectivity index (χ2v) is 8.07. The highest BCUT2D eigenvalue weighted by Gasteiger charge is 2.54. The summed E-state index contributed by atoms with van der Waals surface area (Å²) in [5.74, 6) is 0.702. The van der Waals surface area contributed by atoms with Crippen LogP contribution in [0.1, 0.15) is 37.3 Å². The van der Waals surface area contributed by atoms with Crippen LogP contribution < -0.4 is 4.90 Å². The van der Waals surface area contributed by atoms with Crippen LogP contribution in [0.15, 0.2) is 23.2 Å². The Morgan fingerprint density at radius 2 is 1.79 bits per heavy atom. The number of aryl methyl sites for hydroxylation is 2. The van der Waals surface area contributed by atoms with Gasteiger partial charge in [0.15, 0.2) is 12.2 Å². The highest BCUT2D eigenvalue weighted by molar-refractivity contribution is 6.08. The van der Waals surface area contributed by atoms with Crippen molar-refractivity contribution in [2.24, 2.45) is 4.99 Å². The Labute approximate surface area is 166 Å². The number of rotatable bonds is 5. The lowest BCUT2D eigenvalue weighted by Gasteiger charge is -2.40. The topological polar surface area (TPSA) is 59.5 Å². The number of hydrogen-bond acceptors (Lipinski definition) is 5. The average Bonchev–Trinajstić information content (AvgIpc) is 3.21. The van der Waals surface area contributed by atoms with E-state index >= 15 is 0 Å². The third-order valence-electron chi connectivity index (χ3n) is 5.88. The summed E-state index contributed by atoms with van der Waals surface area (Å²) < 4.78 is 0. The van der Waals surface area contributed by atoms with E-state index in [1.54, 1.807) is 11.9 Å². The molecule has 0 spiro atoms. The van der Waals surface area contributed by atoms with Crippen LogP contribution in [0, 0.1) is 13.8 Å². The molecule has 2 atom stereocenters. The zero-order valence-electron chi connectivity index (χ0n) is 17.2. The van der Waals surface area contributed by atoms with Gasteiger partial charge in [-0.05, 0) is 43.5 Å². The van der Waals surface area contributed by atoms with Crippen molar-refractivity contribution in [2.45, 2.75) is 52.2 Å². The van der Waals surface area contributed by atoms with Crippen LogP contribution in [0.25, 0.3) is 0 Å². The van der Waals surface area contributed by atoms with Gasteiger partial charge in [-0.15, -0.1) is 0 Å². The summed E-state index contributed by atoms with van der Waals surface area (Å²) in [6.07, 6.45) is 2.48. The van der Waals surface area contributed by atoms with Crippen LogP contribution in [0.3, 0.4) is 0 Å². The van der Waals surface area contributed by atoms with Gasteiger partial charge in [-0.2, -0.15) is 0 Å². The molecule has 3 aliphatic heterocycles. The number of fused-ring (bicyclic) bond motifs is 3. The number of hydrogen-bond donors (Lipinski definition) is 0. The quantitative estimate of drug-likeness (QED) is 0.734. The number of amides is 3. The summed E-state index contributed by atoms with van der Waals surface area (Å²) in [5, 5.41) is 0. The minimum absolute atomic E-state index is 0.106. The lowest BCUT2D eigenvalue weighted by atomic mass is 10.1. The fourth-order valence-electron chi connectivity index (χ4n) is 4.51. The molecule has 2 fully saturated rings. The molecule has 0 aromatic heterocycles. The van der Waals surface area contributed by atoms with Crippen molar-refractivity contribution >= 4 is 23.6 Å². The molecule has 0 bridgehead atoms. The molecule has 2 unspecified atom stereocenters. The van der Waals surface area contributed by atoms with Crippen LogP contribution >= 0.6 is 0 Å². The van der Waals surface area contributed by atoms with Crippen molar-refractivity contribution in [3.05, 3.63) is 29.3 Å². The molecule has 0 saturated carbocycles. The Balaban J connectivity index is 1.61. The molecule has 1 aromatic carbocycles. The molecule has 0 aliphatic carbocycles. The molecule has 150 valence electrons. The zero-order chi connectivity index (χ0) is 20.0. The zero-order valence-corrected chi connectivity index (χ0v) is 17.2. The van der Waals surface area contributed by atoms with Crippen LogP contribution in [0.4, 0.5) is 10.5 Å². The van der Waals surface area contributed by atoms with E-state index in [9.17, 15) is 9.59 Å². The van der Waals surface area contributed by atoms with E-state index in [1.165, 1.54) is 16.0 Å². The number of benzene rings is 1. The maximum atomic E-state index is 13.2. The third kappa shape index (κ3) is 2.93. The molecule has 1 aromatic rings. The van der Waals surface area contributed by atoms with E-state index in [1.807, 2.05) is 0 Å². The van der Waals surface area contributed by atoms with Crippen molar-refractivity contribution in [3.8, 4) is 0 Å². The van der Waals surface area contributed by atoms with Crippen molar-refractivity contribution in [1.82, 2.24) is 14.7 Å². The number of urea groups is 1. The average molecular weight is 383 g/mol. The highest BCUT2D eigenvalue weighted by Crippen LogP contribution is 2.34. The lowest BCUT2D eigenvalue weighted by molar-refractivity contribution is -0.137. The van der Waals surface area contributed by atoms with Crippen LogP contribution in [-0.2, 0) is 4.79 Å². The molecule has 7 heteroatoms. The molecule has 3 heterocycles. The summed E-state index contributed by atoms with van der Waals surface area (Å²) in [5.41, 5.74) is 3.50. The molecular formula is C21H29N5O2. The molecule has 28 heavy (non-hydrogen) atoms. The predicted octanol–water partition coefficient (Wildman–Crippen LogP) is 2.57. The first-order valence-electron chi connectivity index (χ1n) is 10.2. The Hall–Kier alpha value is -2.57. The molecule has 0 radical (unpaired) electrons. The fourth-order valence-corrected chi connectivity index (χ4v) is 4.51. The standard InChI is InChI=1S/C21H29N5O2/c1-5-6-7-8-26-19(27)17-18(23(4)21(26)28)22-20-24(9-10-25(17)20)16-12-14(2)11-15(3)13-16/h11-13,17-18H,5-10H2,1-4H3. The number of aliphatic imine (C=N–C) groups is 1. The lowest BCUT2D eigenvalue weighted by Crippen LogP contribution is -2.64. The highest BCUT2D eigenvalue weighted by atomic mass is 16.2. The summed E-state index contributed by atoms with van der Waals surface area (Å²) in [6.45, 7) is 8.32. The van der Waals surface area contributed by atoms with E-state index in [2.05, 4.69) is 48.8 Å². The molecule has 2 saturated heterocycles. The van der Waals surface area contributed by atoms with E-state index in [4.69, 9.17) is 4.99 Å². The van der Waals surface area contributed by atoms with Gasteiger partial charge in [0.25, 0.3) is 5.91 Å². The SMILES string of the molecule is CCCCCN1C(=O)C2C(N=C3N(c4cc(C)cc(C)c4)CCN32)N(C)C1=O. The Morgan fingerprint density at radius 1 is 1.07 bits per heavy atom. The van der Waals surface area contributed by atoms with Crippen LogP contribution in [-0.4, -0.2) is 71.5 Å². The second-order valence-electron chi connectivity index (χ2n) is 8.07. The van der Waals surface area contributed by atoms with Gasteiger partial charge >= 0.3 is 6.03 Å². The minimum atomic E-state index is -0.439. The summed E-state index contributed by atoms with van der Waals surface area (Å²) in [7, 11) is 1.76. The monoisotopic (exact) mass is 383 g/mol. The molecule has 4 rings (SSSR count).